The standard InChI is InChI=1S/C23H29N2O2.Rb/c1-16(27-15-17-12-21(24)14-22(25)13-17)11-23(26)20-9-7-19(8-10-20)18-5-3-2-4-6-18;/h2,7-10,12-14,18,23,26H,1,3-6,11,15,24-25H2;/q-1;+1. The number of aliphatic hydroxyl groups excluding tert-OH is 1. The van der Waals surface area contributed by atoms with E-state index in [4.69, 9.17) is 16.2 Å². The Morgan fingerprint density at radius 2 is 1.71 bits per heavy atom. The minimum absolute atomic E-state index is 0. The van der Waals surface area contributed by atoms with E-state index in [2.05, 4.69) is 25.1 Å². The van der Waals surface area contributed by atoms with Gasteiger partial charge in [-0.2, -0.15) is 12.8 Å². The number of aliphatic hydroxyl groups is 1. The summed E-state index contributed by atoms with van der Waals surface area (Å²) in [5.74, 6) is 1.18. The monoisotopic (exact) mass is 450 g/mol. The summed E-state index contributed by atoms with van der Waals surface area (Å²) in [7, 11) is 0. The molecule has 0 amide bonds. The first-order chi connectivity index (χ1) is 13.0. The molecule has 5 N–H and O–H groups in total. The van der Waals surface area contributed by atoms with Crippen LogP contribution in [0.3, 0.4) is 0 Å². The topological polar surface area (TPSA) is 81.5 Å². The van der Waals surface area contributed by atoms with Crippen LogP contribution in [0.4, 0.5) is 11.4 Å². The molecule has 1 aliphatic rings. The van der Waals surface area contributed by atoms with Crippen molar-refractivity contribution < 1.29 is 68.0 Å². The van der Waals surface area contributed by atoms with Crippen LogP contribution in [-0.4, -0.2) is 5.11 Å². The Morgan fingerprint density at radius 1 is 1.11 bits per heavy atom. The fraction of sp³-hybridized carbons (Fsp3) is 0.348. The smallest absolute Gasteiger partial charge is 0.494 e. The molecule has 0 aromatic heterocycles. The van der Waals surface area contributed by atoms with Crippen LogP contribution >= 0.6 is 0 Å². The van der Waals surface area contributed by atoms with Crippen LogP contribution in [-0.2, 0) is 11.3 Å². The number of benzene rings is 2. The van der Waals surface area contributed by atoms with Gasteiger partial charge in [0.15, 0.2) is 0 Å². The number of rotatable bonds is 7. The van der Waals surface area contributed by atoms with E-state index in [-0.39, 0.29) is 58.2 Å². The second kappa shape index (κ2) is 11.5. The van der Waals surface area contributed by atoms with Gasteiger partial charge in [-0.05, 0) is 40.8 Å². The Hall–Kier alpha value is -0.655. The normalized spacial score (nSPS) is 15.5. The molecule has 144 valence electrons. The van der Waals surface area contributed by atoms with Crippen molar-refractivity contribution in [3.63, 3.8) is 0 Å². The van der Waals surface area contributed by atoms with E-state index < -0.39 is 6.10 Å². The van der Waals surface area contributed by atoms with E-state index in [0.717, 1.165) is 11.1 Å². The minimum atomic E-state index is -0.628. The molecule has 2 aromatic carbocycles. The summed E-state index contributed by atoms with van der Waals surface area (Å²) >= 11 is 0. The third kappa shape index (κ3) is 6.99. The quantitative estimate of drug-likeness (QED) is 0.342. The van der Waals surface area contributed by atoms with Crippen molar-refractivity contribution >= 4 is 11.4 Å². The molecule has 0 spiro atoms. The van der Waals surface area contributed by atoms with Crippen molar-refractivity contribution in [1.82, 2.24) is 0 Å². The molecule has 1 atom stereocenters. The molecule has 1 aliphatic carbocycles. The van der Waals surface area contributed by atoms with E-state index in [9.17, 15) is 5.11 Å². The molecule has 2 aromatic rings. The number of anilines is 2. The van der Waals surface area contributed by atoms with Crippen LogP contribution in [0.25, 0.3) is 0 Å². The van der Waals surface area contributed by atoms with Crippen LogP contribution in [0.1, 0.15) is 60.8 Å². The fourth-order valence-corrected chi connectivity index (χ4v) is 3.66. The first-order valence-corrected chi connectivity index (χ1v) is 9.56. The molecule has 1 saturated carbocycles. The number of nitrogens with two attached hydrogens (primary N) is 2. The van der Waals surface area contributed by atoms with Crippen molar-refractivity contribution in [2.24, 2.45) is 0 Å². The number of hydrogen-bond acceptors (Lipinski definition) is 4. The molecule has 0 bridgehead atoms. The van der Waals surface area contributed by atoms with Crippen molar-refractivity contribution in [2.75, 3.05) is 11.5 Å². The molecule has 4 nitrogen and oxygen atoms in total. The van der Waals surface area contributed by atoms with E-state index >= 15 is 0 Å². The summed E-state index contributed by atoms with van der Waals surface area (Å²) in [5.41, 5.74) is 15.9. The second-order valence-corrected chi connectivity index (χ2v) is 7.36. The maximum absolute atomic E-state index is 10.5. The second-order valence-electron chi connectivity index (χ2n) is 7.36. The molecule has 0 heterocycles. The molecule has 3 rings (SSSR count). The van der Waals surface area contributed by atoms with E-state index in [1.807, 2.05) is 24.3 Å². The molecule has 1 fully saturated rings. The number of hydrogen-bond donors (Lipinski definition) is 3. The molecule has 28 heavy (non-hydrogen) atoms. The predicted octanol–water partition coefficient (Wildman–Crippen LogP) is 1.87. The average molecular weight is 451 g/mol. The summed E-state index contributed by atoms with van der Waals surface area (Å²) in [5, 5.41) is 10.5. The van der Waals surface area contributed by atoms with E-state index in [0.29, 0.717) is 36.1 Å². The van der Waals surface area contributed by atoms with E-state index in [1.165, 1.54) is 31.2 Å². The predicted molar refractivity (Wildman–Crippen MR) is 111 cm³/mol. The van der Waals surface area contributed by atoms with Crippen molar-refractivity contribution in [2.45, 2.75) is 50.7 Å². The van der Waals surface area contributed by atoms with E-state index in [1.54, 1.807) is 6.07 Å². The van der Waals surface area contributed by atoms with Gasteiger partial charge in [0, 0.05) is 17.8 Å². The first-order valence-electron chi connectivity index (χ1n) is 9.56. The van der Waals surface area contributed by atoms with Crippen LogP contribution < -0.4 is 69.7 Å². The molecule has 5 heteroatoms. The van der Waals surface area contributed by atoms with Crippen LogP contribution in [0, 0.1) is 6.42 Å². The van der Waals surface area contributed by atoms with Crippen LogP contribution in [0.2, 0.25) is 0 Å². The van der Waals surface area contributed by atoms with Gasteiger partial charge < -0.3 is 27.7 Å². The largest absolute Gasteiger partial charge is 1.00 e. The van der Waals surface area contributed by atoms with Gasteiger partial charge >= 0.3 is 58.2 Å². The van der Waals surface area contributed by atoms with Gasteiger partial charge in [-0.1, -0.05) is 43.7 Å². The van der Waals surface area contributed by atoms with Gasteiger partial charge in [0.2, 0.25) is 0 Å². The summed E-state index contributed by atoms with van der Waals surface area (Å²) in [6.07, 6.45) is 6.95. The Labute approximate surface area is 217 Å². The molecular weight excluding hydrogens is 422 g/mol. The Bertz CT molecular complexity index is 750. The zero-order valence-corrected chi connectivity index (χ0v) is 21.6. The Morgan fingerprint density at radius 3 is 2.32 bits per heavy atom. The van der Waals surface area contributed by atoms with Gasteiger partial charge in [-0.15, -0.1) is 0 Å². The van der Waals surface area contributed by atoms with Crippen molar-refractivity contribution in [1.29, 1.82) is 0 Å². The first kappa shape index (κ1) is 23.6. The maximum Gasteiger partial charge on any atom is 1.00 e. The molecular formula is C23H29N2O2Rb. The Balaban J connectivity index is 0.00000280. The summed E-state index contributed by atoms with van der Waals surface area (Å²) in [4.78, 5) is 0. The van der Waals surface area contributed by atoms with Gasteiger partial charge in [0.25, 0.3) is 0 Å². The zero-order valence-electron chi connectivity index (χ0n) is 16.7. The van der Waals surface area contributed by atoms with Crippen molar-refractivity contribution in [3.8, 4) is 0 Å². The zero-order chi connectivity index (χ0) is 19.2. The Kier molecular flexibility index (Phi) is 9.71. The number of ether oxygens (including phenoxy) is 1. The van der Waals surface area contributed by atoms with Gasteiger partial charge in [-0.3, -0.25) is 0 Å². The fourth-order valence-electron chi connectivity index (χ4n) is 3.66. The molecule has 0 radical (unpaired) electrons. The third-order valence-electron chi connectivity index (χ3n) is 5.13. The van der Waals surface area contributed by atoms with Gasteiger partial charge in [0.1, 0.15) is 6.61 Å². The summed E-state index contributed by atoms with van der Waals surface area (Å²) < 4.78 is 5.68. The SMILES string of the molecule is C=C(CC(O)c1ccc(C2CC[CH-]CC2)cc1)OCc1cc(N)cc(N)c1.[Rb+]. The maximum atomic E-state index is 10.5. The molecule has 0 saturated heterocycles. The number of nitrogen functional groups attached to an aromatic ring is 2. The van der Waals surface area contributed by atoms with Gasteiger partial charge in [0.05, 0.1) is 11.9 Å². The van der Waals surface area contributed by atoms with Crippen LogP contribution in [0.15, 0.2) is 54.8 Å². The third-order valence-corrected chi connectivity index (χ3v) is 5.13. The van der Waals surface area contributed by atoms with Crippen LogP contribution in [0.5, 0.6) is 0 Å². The average Bonchev–Trinajstić information content (AvgIpc) is 2.66. The summed E-state index contributed by atoms with van der Waals surface area (Å²) in [6, 6.07) is 13.7. The minimum Gasteiger partial charge on any atom is -0.494 e. The summed E-state index contributed by atoms with van der Waals surface area (Å²) in [6.45, 7) is 4.25. The molecule has 1 unspecified atom stereocenters. The van der Waals surface area contributed by atoms with Gasteiger partial charge in [-0.25, -0.2) is 0 Å². The molecule has 0 aliphatic heterocycles. The van der Waals surface area contributed by atoms with Crippen molar-refractivity contribution in [3.05, 3.63) is 77.9 Å².